The maximum atomic E-state index is 9.86. The molecule has 0 bridgehead atoms. The van der Waals surface area contributed by atoms with Crippen molar-refractivity contribution in [2.75, 3.05) is 0 Å². The van der Waals surface area contributed by atoms with Gasteiger partial charge in [-0.15, -0.1) is 0 Å². The van der Waals surface area contributed by atoms with Gasteiger partial charge in [0, 0.05) is 0 Å². The van der Waals surface area contributed by atoms with E-state index in [0.717, 1.165) is 22.1 Å². The third kappa shape index (κ3) is 2.80. The van der Waals surface area contributed by atoms with E-state index in [4.69, 9.17) is 9.97 Å². The van der Waals surface area contributed by atoms with Gasteiger partial charge in [-0.3, -0.25) is 8.80 Å². The number of hydrogen-bond donors (Lipinski definition) is 0. The van der Waals surface area contributed by atoms with Gasteiger partial charge < -0.3 is 0 Å². The quantitative estimate of drug-likeness (QED) is 0.316. The predicted octanol–water partition coefficient (Wildman–Crippen LogP) is 5.41. The van der Waals surface area contributed by atoms with Crippen molar-refractivity contribution in [3.05, 3.63) is 102 Å². The molecule has 0 unspecified atom stereocenters. The lowest BCUT2D eigenvalue weighted by Gasteiger charge is -2.07. The number of imidazole rings is 2. The molecule has 0 aliphatic carbocycles. The molecular weight excluding hydrogens is 460 g/mol. The van der Waals surface area contributed by atoms with Gasteiger partial charge in [-0.1, -0.05) is 30.3 Å². The van der Waals surface area contributed by atoms with Crippen molar-refractivity contribution in [3.63, 3.8) is 0 Å². The first-order valence-corrected chi connectivity index (χ1v) is 11.5. The van der Waals surface area contributed by atoms with Crippen LogP contribution < -0.4 is 0 Å². The Morgan fingerprint density at radius 2 is 1.08 bits per heavy atom. The van der Waals surface area contributed by atoms with E-state index < -0.39 is 0 Å². The number of fused-ring (bicyclic) bond motifs is 9. The Morgan fingerprint density at radius 3 is 1.59 bits per heavy atom. The number of para-hydroxylation sites is 4. The van der Waals surface area contributed by atoms with Crippen LogP contribution in [0, 0.1) is 34.0 Å². The van der Waals surface area contributed by atoms with Gasteiger partial charge in [0.1, 0.15) is 12.1 Å². The van der Waals surface area contributed by atoms with Crippen molar-refractivity contribution in [1.82, 2.24) is 23.3 Å². The molecule has 0 fully saturated rings. The maximum Gasteiger partial charge on any atom is 0.223 e. The molecule has 8 nitrogen and oxygen atoms in total. The maximum absolute atomic E-state index is 9.86. The van der Waals surface area contributed by atoms with Crippen LogP contribution in [0.5, 0.6) is 0 Å². The first-order chi connectivity index (χ1) is 18.2. The molecule has 3 heterocycles. The Labute approximate surface area is 209 Å². The van der Waals surface area contributed by atoms with Crippen LogP contribution in [0.1, 0.15) is 16.7 Å². The minimum absolute atomic E-state index is 0.274. The van der Waals surface area contributed by atoms with Crippen molar-refractivity contribution in [2.45, 2.75) is 0 Å². The van der Waals surface area contributed by atoms with Crippen molar-refractivity contribution in [1.29, 1.82) is 15.8 Å². The van der Waals surface area contributed by atoms with E-state index in [0.29, 0.717) is 33.8 Å². The van der Waals surface area contributed by atoms with Gasteiger partial charge in [0.05, 0.1) is 61.5 Å². The van der Waals surface area contributed by atoms with Crippen LogP contribution in [0.25, 0.3) is 50.3 Å². The van der Waals surface area contributed by atoms with Gasteiger partial charge in [-0.2, -0.15) is 15.8 Å². The van der Waals surface area contributed by atoms with Crippen molar-refractivity contribution < 1.29 is 0 Å². The smallest absolute Gasteiger partial charge is 0.223 e. The van der Waals surface area contributed by atoms with Gasteiger partial charge in [-0.25, -0.2) is 14.5 Å². The van der Waals surface area contributed by atoms with E-state index in [1.807, 2.05) is 74.0 Å². The van der Waals surface area contributed by atoms with Crippen LogP contribution in [0.15, 0.2) is 84.9 Å². The lowest BCUT2D eigenvalue weighted by Crippen LogP contribution is -2.02. The molecule has 37 heavy (non-hydrogen) atoms. The monoisotopic (exact) mass is 474 g/mol. The molecule has 7 aromatic rings. The molecule has 0 atom stereocenters. The second-order valence-electron chi connectivity index (χ2n) is 8.58. The van der Waals surface area contributed by atoms with Crippen LogP contribution in [-0.4, -0.2) is 23.3 Å². The highest BCUT2D eigenvalue weighted by Crippen LogP contribution is 2.30. The summed E-state index contributed by atoms with van der Waals surface area (Å²) in [5.41, 5.74) is 6.35. The lowest BCUT2D eigenvalue weighted by molar-refractivity contribution is 1.03. The number of aromatic nitrogens is 5. The summed E-state index contributed by atoms with van der Waals surface area (Å²) in [6.07, 6.45) is 0. The Kier molecular flexibility index (Phi) is 4.17. The average Bonchev–Trinajstić information content (AvgIpc) is 3.48. The molecule has 4 aromatic carbocycles. The number of nitrogens with zero attached hydrogens (tertiary/aromatic N) is 8. The van der Waals surface area contributed by atoms with E-state index in [1.54, 1.807) is 24.3 Å². The van der Waals surface area contributed by atoms with E-state index in [-0.39, 0.29) is 11.1 Å². The molecule has 0 saturated heterocycles. The van der Waals surface area contributed by atoms with Crippen molar-refractivity contribution in [2.24, 2.45) is 0 Å². The molecule has 8 heteroatoms. The average molecular weight is 474 g/mol. The van der Waals surface area contributed by atoms with Gasteiger partial charge in [-0.05, 0) is 54.6 Å². The van der Waals surface area contributed by atoms with Crippen LogP contribution >= 0.6 is 0 Å². The highest BCUT2D eigenvalue weighted by Gasteiger charge is 2.20. The predicted molar refractivity (Wildman–Crippen MR) is 139 cm³/mol. The number of benzene rings is 4. The minimum atomic E-state index is 0.274. The molecule has 0 N–H and O–H groups in total. The zero-order valence-corrected chi connectivity index (χ0v) is 19.2. The number of hydrogen-bond acceptors (Lipinski definition) is 5. The highest BCUT2D eigenvalue weighted by atomic mass is 15.3. The van der Waals surface area contributed by atoms with Gasteiger partial charge >= 0.3 is 0 Å². The molecular formula is C29H14N8. The summed E-state index contributed by atoms with van der Waals surface area (Å²) in [7, 11) is 0. The highest BCUT2D eigenvalue weighted by molar-refractivity contribution is 5.94. The van der Waals surface area contributed by atoms with Gasteiger partial charge in [0.2, 0.25) is 11.6 Å². The Bertz CT molecular complexity index is 2110. The second kappa shape index (κ2) is 7.55. The van der Waals surface area contributed by atoms with Gasteiger partial charge in [0.25, 0.3) is 0 Å². The van der Waals surface area contributed by atoms with Crippen molar-refractivity contribution >= 4 is 44.7 Å². The van der Waals surface area contributed by atoms with E-state index in [2.05, 4.69) is 18.2 Å². The molecule has 0 saturated carbocycles. The number of rotatable bonds is 1. The summed E-state index contributed by atoms with van der Waals surface area (Å²) in [5.74, 6) is 1.11. The van der Waals surface area contributed by atoms with E-state index >= 15 is 0 Å². The third-order valence-corrected chi connectivity index (χ3v) is 6.56. The van der Waals surface area contributed by atoms with Crippen molar-refractivity contribution in [3.8, 4) is 23.9 Å². The fourth-order valence-electron chi connectivity index (χ4n) is 4.96. The van der Waals surface area contributed by atoms with Crippen LogP contribution in [0.3, 0.4) is 0 Å². The summed E-state index contributed by atoms with van der Waals surface area (Å²) in [5, 5.41) is 29.3. The zero-order chi connectivity index (χ0) is 25.1. The summed E-state index contributed by atoms with van der Waals surface area (Å²) in [4.78, 5) is 9.99. The summed E-state index contributed by atoms with van der Waals surface area (Å²) in [6, 6.07) is 32.8. The fraction of sp³-hybridized carbons (Fsp3) is 0. The first kappa shape index (κ1) is 20.5. The molecule has 0 spiro atoms. The van der Waals surface area contributed by atoms with E-state index in [9.17, 15) is 15.8 Å². The topological polar surface area (TPSA) is 111 Å². The fourth-order valence-corrected chi connectivity index (χ4v) is 4.96. The summed E-state index contributed by atoms with van der Waals surface area (Å²) >= 11 is 0. The molecule has 7 rings (SSSR count). The second-order valence-corrected chi connectivity index (χ2v) is 8.58. The first-order valence-electron chi connectivity index (χ1n) is 11.5. The van der Waals surface area contributed by atoms with Crippen LogP contribution in [0.2, 0.25) is 0 Å². The molecule has 0 aliphatic rings. The Morgan fingerprint density at radius 1 is 0.541 bits per heavy atom. The van der Waals surface area contributed by atoms with Crippen LogP contribution in [-0.2, 0) is 0 Å². The molecule has 0 amide bonds. The SMILES string of the molecule is N#Cc1cccc(-n2c3nc4ccccc4n3c3cc(C#N)c(C#N)cc3n3c4ccccc4nc23)c1. The minimum Gasteiger partial charge on any atom is -0.276 e. The summed E-state index contributed by atoms with van der Waals surface area (Å²) < 4.78 is 5.88. The molecule has 0 aliphatic heterocycles. The largest absolute Gasteiger partial charge is 0.276 e. The standard InChI is InChI=1S/C29H14N8/c30-15-18-6-5-7-21(12-18)35-28-33-22-8-1-3-10-24(22)36(28)26-13-19(16-31)20(17-32)14-27(26)37-25-11-4-2-9-23(25)34-29(35)37/h1-14H. The lowest BCUT2D eigenvalue weighted by atomic mass is 10.1. The van der Waals surface area contributed by atoms with Gasteiger partial charge in [0.15, 0.2) is 0 Å². The Hall–Kier alpha value is -5.91. The van der Waals surface area contributed by atoms with Crippen LogP contribution in [0.4, 0.5) is 0 Å². The van der Waals surface area contributed by atoms with E-state index in [1.165, 1.54) is 0 Å². The molecule has 0 radical (unpaired) electrons. The third-order valence-electron chi connectivity index (χ3n) is 6.56. The number of nitriles is 3. The molecule has 3 aromatic heterocycles. The molecule has 170 valence electrons. The summed E-state index contributed by atoms with van der Waals surface area (Å²) in [6.45, 7) is 0. The normalized spacial score (nSPS) is 11.2. The Balaban J connectivity index is 1.90. The zero-order valence-electron chi connectivity index (χ0n) is 19.2.